The largest absolute Gasteiger partial charge is 0.494 e. The Morgan fingerprint density at radius 2 is 1.79 bits per heavy atom. The predicted molar refractivity (Wildman–Crippen MR) is 130 cm³/mol. The summed E-state index contributed by atoms with van der Waals surface area (Å²) in [5.41, 5.74) is 0.482. The molecular formula is C25H37NO7S. The van der Waals surface area contributed by atoms with E-state index in [1.54, 1.807) is 24.3 Å². The van der Waals surface area contributed by atoms with Crippen LogP contribution in [-0.2, 0) is 24.2 Å². The highest BCUT2D eigenvalue weighted by atomic mass is 32.2. The third-order valence-electron chi connectivity index (χ3n) is 5.64. The number of esters is 1. The molecule has 190 valence electrons. The Hall–Kier alpha value is -2.42. The normalized spacial score (nSPS) is 16.9. The van der Waals surface area contributed by atoms with Crippen LogP contribution in [0.5, 0.6) is 5.75 Å². The summed E-state index contributed by atoms with van der Waals surface area (Å²) in [6, 6.07) is 6.43. The number of benzene rings is 1. The van der Waals surface area contributed by atoms with Crippen molar-refractivity contribution in [2.45, 2.75) is 65.3 Å². The second-order valence-electron chi connectivity index (χ2n) is 9.16. The number of hydrogen-bond donors (Lipinski definition) is 0. The molecule has 1 fully saturated rings. The second-order valence-corrected chi connectivity index (χ2v) is 11.4. The highest BCUT2D eigenvalue weighted by Crippen LogP contribution is 2.20. The number of sulfone groups is 1. The monoisotopic (exact) mass is 495 g/mol. The van der Waals surface area contributed by atoms with Crippen LogP contribution in [0.4, 0.5) is 0 Å². The minimum Gasteiger partial charge on any atom is -0.494 e. The molecule has 1 amide bonds. The van der Waals surface area contributed by atoms with Crippen LogP contribution in [0.25, 0.3) is 0 Å². The van der Waals surface area contributed by atoms with E-state index < -0.39 is 34.4 Å². The van der Waals surface area contributed by atoms with E-state index >= 15 is 0 Å². The van der Waals surface area contributed by atoms with Gasteiger partial charge in [-0.25, -0.2) is 8.42 Å². The second kappa shape index (κ2) is 13.5. The van der Waals surface area contributed by atoms with Crippen molar-refractivity contribution in [1.82, 2.24) is 4.90 Å². The molecule has 9 heteroatoms. The van der Waals surface area contributed by atoms with Gasteiger partial charge in [0, 0.05) is 24.6 Å². The van der Waals surface area contributed by atoms with Gasteiger partial charge in [-0.1, -0.05) is 33.6 Å². The van der Waals surface area contributed by atoms with Crippen LogP contribution in [0, 0.1) is 5.92 Å². The molecule has 1 aromatic rings. The average Bonchev–Trinajstić information content (AvgIpc) is 3.16. The van der Waals surface area contributed by atoms with Gasteiger partial charge >= 0.3 is 5.97 Å². The predicted octanol–water partition coefficient (Wildman–Crippen LogP) is 3.43. The number of Topliss-reactive ketones (excluding diaryl/α,β-unsaturated/α-hetero) is 1. The lowest BCUT2D eigenvalue weighted by Gasteiger charge is -2.29. The Labute approximate surface area is 202 Å². The molecule has 34 heavy (non-hydrogen) atoms. The minimum absolute atomic E-state index is 0.0275. The van der Waals surface area contributed by atoms with E-state index in [4.69, 9.17) is 9.47 Å². The zero-order chi connectivity index (χ0) is 25.1. The Morgan fingerprint density at radius 3 is 2.38 bits per heavy atom. The van der Waals surface area contributed by atoms with Crippen LogP contribution in [-0.4, -0.2) is 68.3 Å². The van der Waals surface area contributed by atoms with Crippen LogP contribution in [0.15, 0.2) is 24.3 Å². The zero-order valence-electron chi connectivity index (χ0n) is 20.5. The number of nitrogens with zero attached hydrogens (tertiary/aromatic N) is 1. The quantitative estimate of drug-likeness (QED) is 0.221. The van der Waals surface area contributed by atoms with Crippen molar-refractivity contribution in [1.29, 1.82) is 0 Å². The molecule has 2 rings (SSSR count). The van der Waals surface area contributed by atoms with Crippen molar-refractivity contribution in [3.63, 3.8) is 0 Å². The molecule has 0 aromatic heterocycles. The van der Waals surface area contributed by atoms with Gasteiger partial charge in [0.1, 0.15) is 5.75 Å². The van der Waals surface area contributed by atoms with Gasteiger partial charge in [-0.2, -0.15) is 0 Å². The van der Waals surface area contributed by atoms with Crippen molar-refractivity contribution in [3.05, 3.63) is 29.8 Å². The molecule has 1 aromatic carbocycles. The van der Waals surface area contributed by atoms with E-state index in [9.17, 15) is 22.8 Å². The van der Waals surface area contributed by atoms with Gasteiger partial charge in [0.25, 0.3) is 5.91 Å². The molecule has 0 saturated carbocycles. The van der Waals surface area contributed by atoms with Crippen molar-refractivity contribution >= 4 is 27.5 Å². The van der Waals surface area contributed by atoms with E-state index in [0.717, 1.165) is 19.3 Å². The van der Waals surface area contributed by atoms with E-state index in [-0.39, 0.29) is 36.0 Å². The van der Waals surface area contributed by atoms with E-state index in [0.29, 0.717) is 30.9 Å². The van der Waals surface area contributed by atoms with Gasteiger partial charge in [-0.05, 0) is 43.0 Å². The summed E-state index contributed by atoms with van der Waals surface area (Å²) in [6.45, 7) is 6.57. The number of carbonyl (C=O) groups is 3. The van der Waals surface area contributed by atoms with Crippen molar-refractivity contribution in [3.8, 4) is 5.75 Å². The Bertz CT molecular complexity index is 925. The molecule has 0 radical (unpaired) electrons. The molecule has 0 N–H and O–H groups in total. The van der Waals surface area contributed by atoms with Gasteiger partial charge in [0.2, 0.25) is 0 Å². The van der Waals surface area contributed by atoms with Crippen molar-refractivity contribution < 1.29 is 32.3 Å². The molecule has 1 aliphatic heterocycles. The standard InChI is InChI=1S/C25H37NO7S/c1-4-5-6-14-32-22-9-7-20(8-10-22)23(27)11-12-25(29)33-17-24(28)26(16-19(2)3)21-13-15-34(30,31)18-21/h7-10,19,21H,4-6,11-18H2,1-3H3. The molecule has 0 bridgehead atoms. The third-order valence-corrected chi connectivity index (χ3v) is 7.39. The number of hydrogen-bond acceptors (Lipinski definition) is 7. The fourth-order valence-electron chi connectivity index (χ4n) is 3.81. The Morgan fingerprint density at radius 1 is 1.09 bits per heavy atom. The summed E-state index contributed by atoms with van der Waals surface area (Å²) >= 11 is 0. The number of ketones is 1. The summed E-state index contributed by atoms with van der Waals surface area (Å²) in [7, 11) is -3.14. The maximum atomic E-state index is 12.7. The van der Waals surface area contributed by atoms with Crippen LogP contribution < -0.4 is 4.74 Å². The van der Waals surface area contributed by atoms with Gasteiger partial charge in [-0.15, -0.1) is 0 Å². The van der Waals surface area contributed by atoms with Crippen LogP contribution >= 0.6 is 0 Å². The lowest BCUT2D eigenvalue weighted by molar-refractivity contribution is -0.153. The maximum absolute atomic E-state index is 12.7. The first-order valence-electron chi connectivity index (χ1n) is 12.0. The SMILES string of the molecule is CCCCCOc1ccc(C(=O)CCC(=O)OCC(=O)N(CC(C)C)C2CCS(=O)(=O)C2)cc1. The fourth-order valence-corrected chi connectivity index (χ4v) is 5.54. The molecule has 1 heterocycles. The van der Waals surface area contributed by atoms with Crippen molar-refractivity contribution in [2.75, 3.05) is 31.3 Å². The first-order chi connectivity index (χ1) is 16.1. The molecule has 0 spiro atoms. The summed E-state index contributed by atoms with van der Waals surface area (Å²) in [6.07, 6.45) is 3.44. The summed E-state index contributed by atoms with van der Waals surface area (Å²) in [4.78, 5) is 38.7. The third kappa shape index (κ3) is 9.44. The van der Waals surface area contributed by atoms with Crippen molar-refractivity contribution in [2.24, 2.45) is 5.92 Å². The van der Waals surface area contributed by atoms with E-state index in [1.165, 1.54) is 4.90 Å². The first kappa shape index (κ1) is 27.8. The number of ether oxygens (including phenoxy) is 2. The van der Waals surface area contributed by atoms with Gasteiger partial charge in [0.15, 0.2) is 22.2 Å². The molecule has 1 saturated heterocycles. The van der Waals surface area contributed by atoms with E-state index in [2.05, 4.69) is 6.92 Å². The van der Waals surface area contributed by atoms with Gasteiger partial charge in [-0.3, -0.25) is 14.4 Å². The zero-order valence-corrected chi connectivity index (χ0v) is 21.3. The number of amides is 1. The summed E-state index contributed by atoms with van der Waals surface area (Å²) in [5, 5.41) is 0. The fraction of sp³-hybridized carbons (Fsp3) is 0.640. The Kier molecular flexibility index (Phi) is 11.0. The molecule has 8 nitrogen and oxygen atoms in total. The van der Waals surface area contributed by atoms with Gasteiger partial charge in [0.05, 0.1) is 24.5 Å². The molecule has 1 aliphatic rings. The smallest absolute Gasteiger partial charge is 0.306 e. The molecule has 1 atom stereocenters. The highest BCUT2D eigenvalue weighted by molar-refractivity contribution is 7.91. The van der Waals surface area contributed by atoms with Crippen LogP contribution in [0.3, 0.4) is 0 Å². The summed E-state index contributed by atoms with van der Waals surface area (Å²) in [5.74, 6) is -0.394. The van der Waals surface area contributed by atoms with E-state index in [1.807, 2.05) is 13.8 Å². The number of rotatable bonds is 14. The van der Waals surface area contributed by atoms with Gasteiger partial charge < -0.3 is 14.4 Å². The minimum atomic E-state index is -3.14. The Balaban J connectivity index is 1.78. The number of unbranched alkanes of at least 4 members (excludes halogenated alkanes) is 2. The lowest BCUT2D eigenvalue weighted by Crippen LogP contribution is -2.45. The number of carbonyl (C=O) groups excluding carboxylic acids is 3. The van der Waals surface area contributed by atoms with Crippen LogP contribution in [0.1, 0.15) is 69.7 Å². The highest BCUT2D eigenvalue weighted by Gasteiger charge is 2.35. The summed E-state index contributed by atoms with van der Waals surface area (Å²) < 4.78 is 34.4. The maximum Gasteiger partial charge on any atom is 0.306 e. The molecule has 1 unspecified atom stereocenters. The van der Waals surface area contributed by atoms with Crippen LogP contribution in [0.2, 0.25) is 0 Å². The first-order valence-corrected chi connectivity index (χ1v) is 13.8. The molecule has 0 aliphatic carbocycles. The topological polar surface area (TPSA) is 107 Å². The average molecular weight is 496 g/mol. The molecular weight excluding hydrogens is 458 g/mol. The lowest BCUT2D eigenvalue weighted by atomic mass is 10.1.